The molecule has 10 nitrogen and oxygen atoms in total. The first-order chi connectivity index (χ1) is 11.4. The van der Waals surface area contributed by atoms with E-state index in [1.807, 2.05) is 0 Å². The van der Waals surface area contributed by atoms with Crippen LogP contribution in [0.2, 0.25) is 0 Å². The number of nitrogens with one attached hydrogen (secondary N) is 1. The van der Waals surface area contributed by atoms with Gasteiger partial charge in [0.1, 0.15) is 0 Å². The molecule has 1 aromatic heterocycles. The highest BCUT2D eigenvalue weighted by molar-refractivity contribution is 7.99. The van der Waals surface area contributed by atoms with Gasteiger partial charge in [-0.3, -0.25) is 19.7 Å². The van der Waals surface area contributed by atoms with E-state index in [0.29, 0.717) is 11.0 Å². The Balaban J connectivity index is 2.00. The molecule has 0 fully saturated rings. The topological polar surface area (TPSA) is 146 Å². The molecule has 2 rings (SSSR count). The summed E-state index contributed by atoms with van der Waals surface area (Å²) in [5.74, 6) is -0.385. The summed E-state index contributed by atoms with van der Waals surface area (Å²) < 4.78 is 1.63. The molecular formula is C13H14N6O4S. The molecule has 0 aliphatic carbocycles. The van der Waals surface area contributed by atoms with Crippen molar-refractivity contribution in [1.29, 1.82) is 0 Å². The number of carbonyl (C=O) groups excluding carboxylic acids is 2. The molecule has 2 aromatic rings. The second kappa shape index (κ2) is 7.55. The number of nitro benzene ring substituents is 1. The van der Waals surface area contributed by atoms with Gasteiger partial charge >= 0.3 is 0 Å². The summed E-state index contributed by atoms with van der Waals surface area (Å²) in [5, 5.41) is 21.7. The summed E-state index contributed by atoms with van der Waals surface area (Å²) in [6, 6.07) is 5.42. The zero-order chi connectivity index (χ0) is 17.7. The second-order valence-corrected chi connectivity index (χ2v) is 5.65. The average Bonchev–Trinajstić information content (AvgIpc) is 2.90. The molecule has 0 saturated carbocycles. The lowest BCUT2D eigenvalue weighted by atomic mass is 10.2. The molecule has 1 aromatic carbocycles. The highest BCUT2D eigenvalue weighted by Gasteiger charge is 2.14. The number of nitro groups is 1. The molecule has 2 amide bonds. The number of aromatic nitrogens is 3. The Morgan fingerprint density at radius 2 is 2.17 bits per heavy atom. The molecule has 0 atom stereocenters. The fourth-order valence-electron chi connectivity index (χ4n) is 1.78. The van der Waals surface area contributed by atoms with Crippen molar-refractivity contribution >= 4 is 29.3 Å². The Bertz CT molecular complexity index is 791. The summed E-state index contributed by atoms with van der Waals surface area (Å²) in [4.78, 5) is 33.0. The average molecular weight is 350 g/mol. The molecule has 3 N–H and O–H groups in total. The molecule has 1 heterocycles. The molecule has 0 radical (unpaired) electrons. The zero-order valence-corrected chi connectivity index (χ0v) is 13.4. The quantitative estimate of drug-likeness (QED) is 0.413. The maximum atomic E-state index is 12.1. The summed E-state index contributed by atoms with van der Waals surface area (Å²) in [6.07, 6.45) is 0. The third-order valence-electron chi connectivity index (χ3n) is 2.99. The van der Waals surface area contributed by atoms with E-state index in [-0.39, 0.29) is 23.5 Å². The monoisotopic (exact) mass is 350 g/mol. The molecule has 24 heavy (non-hydrogen) atoms. The maximum absolute atomic E-state index is 12.1. The molecule has 0 aliphatic heterocycles. The molecule has 11 heteroatoms. The lowest BCUT2D eigenvalue weighted by Crippen LogP contribution is -2.24. The summed E-state index contributed by atoms with van der Waals surface area (Å²) >= 11 is 1.14. The Kier molecular flexibility index (Phi) is 5.47. The van der Waals surface area contributed by atoms with Crippen molar-refractivity contribution in [1.82, 2.24) is 20.1 Å². The van der Waals surface area contributed by atoms with Crippen molar-refractivity contribution in [3.63, 3.8) is 0 Å². The maximum Gasteiger partial charge on any atom is 0.270 e. The van der Waals surface area contributed by atoms with Gasteiger partial charge in [0.15, 0.2) is 11.0 Å². The Labute approximate surface area is 140 Å². The number of rotatable bonds is 7. The first-order valence-corrected chi connectivity index (χ1v) is 7.69. The van der Waals surface area contributed by atoms with Crippen LogP contribution in [0.25, 0.3) is 0 Å². The lowest BCUT2D eigenvalue weighted by molar-refractivity contribution is -0.384. The summed E-state index contributed by atoms with van der Waals surface area (Å²) in [6.45, 7) is 0.0855. The van der Waals surface area contributed by atoms with Crippen LogP contribution in [0.4, 0.5) is 5.69 Å². The Morgan fingerprint density at radius 3 is 2.83 bits per heavy atom. The third kappa shape index (κ3) is 4.29. The predicted molar refractivity (Wildman–Crippen MR) is 85.2 cm³/mol. The first kappa shape index (κ1) is 17.4. The molecular weight excluding hydrogens is 336 g/mol. The van der Waals surface area contributed by atoms with Crippen molar-refractivity contribution in [3.05, 3.63) is 45.8 Å². The van der Waals surface area contributed by atoms with Crippen molar-refractivity contribution in [2.24, 2.45) is 12.8 Å². The fraction of sp³-hybridized carbons (Fsp3) is 0.231. The molecule has 0 spiro atoms. The van der Waals surface area contributed by atoms with Crippen molar-refractivity contribution in [3.8, 4) is 0 Å². The second-order valence-electron chi connectivity index (χ2n) is 4.70. The predicted octanol–water partition coefficient (Wildman–Crippen LogP) is 0.231. The lowest BCUT2D eigenvalue weighted by Gasteiger charge is -2.05. The number of amides is 2. The van der Waals surface area contributed by atoms with E-state index >= 15 is 0 Å². The van der Waals surface area contributed by atoms with E-state index in [0.717, 1.165) is 11.8 Å². The van der Waals surface area contributed by atoms with E-state index in [2.05, 4.69) is 15.5 Å². The van der Waals surface area contributed by atoms with Crippen LogP contribution in [0.3, 0.4) is 0 Å². The van der Waals surface area contributed by atoms with Crippen molar-refractivity contribution in [2.75, 3.05) is 5.75 Å². The van der Waals surface area contributed by atoms with Crippen molar-refractivity contribution < 1.29 is 14.5 Å². The standard InChI is InChI=1S/C13H14N6O4S/c1-18-11(16-17-13(18)24-7-10(14)20)6-15-12(21)8-3-2-4-9(5-8)19(22)23/h2-5H,6-7H2,1H3,(H2,14,20)(H,15,21). The van der Waals surface area contributed by atoms with Crippen LogP contribution in [-0.2, 0) is 18.4 Å². The molecule has 126 valence electrons. The molecule has 0 saturated heterocycles. The number of hydrogen-bond acceptors (Lipinski definition) is 7. The van der Waals surface area contributed by atoms with Gasteiger partial charge in [-0.1, -0.05) is 17.8 Å². The van der Waals surface area contributed by atoms with Gasteiger partial charge in [0.05, 0.1) is 17.2 Å². The zero-order valence-electron chi connectivity index (χ0n) is 12.6. The van der Waals surface area contributed by atoms with Crippen LogP contribution in [-0.4, -0.2) is 37.3 Å². The van der Waals surface area contributed by atoms with E-state index in [1.165, 1.54) is 24.3 Å². The van der Waals surface area contributed by atoms with Crippen LogP contribution < -0.4 is 11.1 Å². The van der Waals surface area contributed by atoms with Gasteiger partial charge in [-0.05, 0) is 6.07 Å². The normalized spacial score (nSPS) is 10.4. The van der Waals surface area contributed by atoms with E-state index in [1.54, 1.807) is 11.6 Å². The van der Waals surface area contributed by atoms with Gasteiger partial charge in [0.2, 0.25) is 5.91 Å². The number of primary amides is 1. The summed E-state index contributed by atoms with van der Waals surface area (Å²) in [7, 11) is 1.69. The van der Waals surface area contributed by atoms with Gasteiger partial charge < -0.3 is 15.6 Å². The van der Waals surface area contributed by atoms with Gasteiger partial charge in [0, 0.05) is 24.7 Å². The SMILES string of the molecule is Cn1c(CNC(=O)c2cccc([N+](=O)[O-])c2)nnc1SCC(N)=O. The van der Waals surface area contributed by atoms with Crippen LogP contribution >= 0.6 is 11.8 Å². The number of nitrogens with zero attached hydrogens (tertiary/aromatic N) is 4. The molecule has 0 bridgehead atoms. The Morgan fingerprint density at radius 1 is 1.42 bits per heavy atom. The minimum atomic E-state index is -0.568. The minimum Gasteiger partial charge on any atom is -0.369 e. The summed E-state index contributed by atoms with van der Waals surface area (Å²) in [5.41, 5.74) is 5.09. The number of carbonyl (C=O) groups is 2. The van der Waals surface area contributed by atoms with Crippen molar-refractivity contribution in [2.45, 2.75) is 11.7 Å². The number of benzene rings is 1. The third-order valence-corrected chi connectivity index (χ3v) is 4.04. The van der Waals surface area contributed by atoms with Gasteiger partial charge in [-0.2, -0.15) is 0 Å². The number of thioether (sulfide) groups is 1. The highest BCUT2D eigenvalue weighted by atomic mass is 32.2. The van der Waals surface area contributed by atoms with Crippen LogP contribution in [0.1, 0.15) is 16.2 Å². The smallest absolute Gasteiger partial charge is 0.270 e. The number of nitrogens with two attached hydrogens (primary N) is 1. The molecule has 0 aliphatic rings. The van der Waals surface area contributed by atoms with Crippen LogP contribution in [0.15, 0.2) is 29.4 Å². The van der Waals surface area contributed by atoms with Gasteiger partial charge in [-0.25, -0.2) is 0 Å². The van der Waals surface area contributed by atoms with Gasteiger partial charge in [-0.15, -0.1) is 10.2 Å². The fourth-order valence-corrected chi connectivity index (χ4v) is 2.45. The van der Waals surface area contributed by atoms with E-state index < -0.39 is 16.7 Å². The first-order valence-electron chi connectivity index (χ1n) is 6.70. The van der Waals surface area contributed by atoms with Crippen LogP contribution in [0.5, 0.6) is 0 Å². The van der Waals surface area contributed by atoms with Gasteiger partial charge in [0.25, 0.3) is 11.6 Å². The Hall–Kier alpha value is -2.95. The number of hydrogen-bond donors (Lipinski definition) is 2. The van der Waals surface area contributed by atoms with E-state index in [9.17, 15) is 19.7 Å². The van der Waals surface area contributed by atoms with Crippen LogP contribution in [0, 0.1) is 10.1 Å². The molecule has 0 unspecified atom stereocenters. The minimum absolute atomic E-state index is 0.0754. The highest BCUT2D eigenvalue weighted by Crippen LogP contribution is 2.15. The van der Waals surface area contributed by atoms with E-state index in [4.69, 9.17) is 5.73 Å². The number of non-ortho nitro benzene ring substituents is 1. The largest absolute Gasteiger partial charge is 0.369 e.